The van der Waals surface area contributed by atoms with Gasteiger partial charge >= 0.3 is 10.2 Å². The molecule has 1 aromatic rings. The SMILES string of the molecule is O=S(=O)(F)c1ccc(O)c(Cl)c1. The van der Waals surface area contributed by atoms with E-state index in [0.717, 1.165) is 18.2 Å². The first kappa shape index (κ1) is 9.28. The molecule has 0 radical (unpaired) electrons. The molecule has 0 spiro atoms. The van der Waals surface area contributed by atoms with Gasteiger partial charge < -0.3 is 5.11 Å². The summed E-state index contributed by atoms with van der Waals surface area (Å²) in [7, 11) is -4.74. The number of hydrogen-bond donors (Lipinski definition) is 1. The van der Waals surface area contributed by atoms with Crippen LogP contribution in [0, 0.1) is 0 Å². The predicted octanol–water partition coefficient (Wildman–Crippen LogP) is 1.70. The molecule has 6 heteroatoms. The van der Waals surface area contributed by atoms with E-state index in [1.54, 1.807) is 0 Å². The van der Waals surface area contributed by atoms with Gasteiger partial charge in [-0.15, -0.1) is 3.89 Å². The third kappa shape index (κ3) is 1.86. The molecule has 0 bridgehead atoms. The summed E-state index contributed by atoms with van der Waals surface area (Å²) in [4.78, 5) is -0.565. The van der Waals surface area contributed by atoms with Gasteiger partial charge in [-0.2, -0.15) is 8.42 Å². The Morgan fingerprint density at radius 1 is 1.42 bits per heavy atom. The summed E-state index contributed by atoms with van der Waals surface area (Å²) in [6.45, 7) is 0. The van der Waals surface area contributed by atoms with Gasteiger partial charge in [-0.3, -0.25) is 0 Å². The van der Waals surface area contributed by atoms with Crippen LogP contribution in [0.4, 0.5) is 3.89 Å². The third-order valence-electron chi connectivity index (χ3n) is 1.20. The van der Waals surface area contributed by atoms with Gasteiger partial charge in [-0.25, -0.2) is 0 Å². The van der Waals surface area contributed by atoms with E-state index in [1.807, 2.05) is 0 Å². The van der Waals surface area contributed by atoms with E-state index in [1.165, 1.54) is 0 Å². The molecular weight excluding hydrogens is 207 g/mol. The van der Waals surface area contributed by atoms with Crippen LogP contribution in [0.5, 0.6) is 5.75 Å². The Morgan fingerprint density at radius 3 is 2.42 bits per heavy atom. The summed E-state index contributed by atoms with van der Waals surface area (Å²) in [5, 5.41) is 8.66. The van der Waals surface area contributed by atoms with Crippen molar-refractivity contribution in [3.63, 3.8) is 0 Å². The van der Waals surface area contributed by atoms with Crippen molar-refractivity contribution < 1.29 is 17.4 Å². The molecule has 66 valence electrons. The van der Waals surface area contributed by atoms with Crippen molar-refractivity contribution in [1.29, 1.82) is 0 Å². The van der Waals surface area contributed by atoms with Crippen LogP contribution in [-0.4, -0.2) is 13.5 Å². The Hall–Kier alpha value is -0.810. The first-order chi connectivity index (χ1) is 5.41. The maximum absolute atomic E-state index is 12.3. The van der Waals surface area contributed by atoms with E-state index in [4.69, 9.17) is 16.7 Å². The Labute approximate surface area is 73.6 Å². The number of phenolic OH excluding ortho intramolecular Hbond substituents is 1. The van der Waals surface area contributed by atoms with Gasteiger partial charge in [0, 0.05) is 0 Å². The summed E-state index contributed by atoms with van der Waals surface area (Å²) >= 11 is 5.34. The van der Waals surface area contributed by atoms with E-state index in [0.29, 0.717) is 0 Å². The number of benzene rings is 1. The van der Waals surface area contributed by atoms with Crippen molar-refractivity contribution in [2.45, 2.75) is 4.90 Å². The van der Waals surface area contributed by atoms with E-state index in [2.05, 4.69) is 0 Å². The lowest BCUT2D eigenvalue weighted by atomic mass is 10.3. The Balaban J connectivity index is 3.33. The standard InChI is InChI=1S/C6H4ClFO3S/c7-5-3-4(12(8,10)11)1-2-6(5)9/h1-3,9H. The van der Waals surface area contributed by atoms with Crippen molar-refractivity contribution in [2.24, 2.45) is 0 Å². The van der Waals surface area contributed by atoms with Crippen molar-refractivity contribution in [3.05, 3.63) is 23.2 Å². The van der Waals surface area contributed by atoms with E-state index in [9.17, 15) is 12.3 Å². The lowest BCUT2D eigenvalue weighted by Crippen LogP contribution is -1.90. The van der Waals surface area contributed by atoms with Gasteiger partial charge in [0.05, 0.1) is 5.02 Å². The highest BCUT2D eigenvalue weighted by molar-refractivity contribution is 7.86. The van der Waals surface area contributed by atoms with Crippen molar-refractivity contribution in [1.82, 2.24) is 0 Å². The normalized spacial score (nSPS) is 11.5. The fourth-order valence-electron chi connectivity index (χ4n) is 0.639. The Bertz CT molecular complexity index is 401. The molecule has 1 N–H and O–H groups in total. The molecule has 0 unspecified atom stereocenters. The molecule has 12 heavy (non-hydrogen) atoms. The molecule has 0 aliphatic carbocycles. The number of hydrogen-bond acceptors (Lipinski definition) is 3. The van der Waals surface area contributed by atoms with Crippen LogP contribution in [0.25, 0.3) is 0 Å². The minimum absolute atomic E-state index is 0.200. The summed E-state index contributed by atoms with van der Waals surface area (Å²) in [5.74, 6) is -0.288. The quantitative estimate of drug-likeness (QED) is 0.718. The van der Waals surface area contributed by atoms with Crippen molar-refractivity contribution >= 4 is 21.8 Å². The molecule has 0 atom stereocenters. The summed E-state index contributed by atoms with van der Waals surface area (Å²) in [6.07, 6.45) is 0. The van der Waals surface area contributed by atoms with Crippen LogP contribution in [0.1, 0.15) is 0 Å². The molecule has 3 nitrogen and oxygen atoms in total. The van der Waals surface area contributed by atoms with Gasteiger partial charge in [0.1, 0.15) is 10.6 Å². The number of halogens is 2. The maximum Gasteiger partial charge on any atom is 0.332 e. The molecule has 0 heterocycles. The topological polar surface area (TPSA) is 54.4 Å². The lowest BCUT2D eigenvalue weighted by Gasteiger charge is -1.97. The molecule has 0 aliphatic rings. The molecule has 0 saturated carbocycles. The summed E-state index contributed by atoms with van der Waals surface area (Å²) in [5.41, 5.74) is 0. The molecule has 0 aromatic heterocycles. The van der Waals surface area contributed by atoms with Gasteiger partial charge in [-0.1, -0.05) is 11.6 Å². The zero-order chi connectivity index (χ0) is 9.35. The van der Waals surface area contributed by atoms with Crippen LogP contribution in [-0.2, 0) is 10.2 Å². The fourth-order valence-corrected chi connectivity index (χ4v) is 1.37. The molecule has 0 amide bonds. The maximum atomic E-state index is 12.3. The van der Waals surface area contributed by atoms with Gasteiger partial charge in [0.15, 0.2) is 0 Å². The monoisotopic (exact) mass is 210 g/mol. The average molecular weight is 211 g/mol. The lowest BCUT2D eigenvalue weighted by molar-refractivity contribution is 0.475. The smallest absolute Gasteiger partial charge is 0.332 e. The molecule has 0 aliphatic heterocycles. The molecule has 0 saturated heterocycles. The molecular formula is C6H4ClFO3S. The largest absolute Gasteiger partial charge is 0.506 e. The van der Waals surface area contributed by atoms with Crippen LogP contribution < -0.4 is 0 Å². The highest BCUT2D eigenvalue weighted by Crippen LogP contribution is 2.26. The number of aromatic hydroxyl groups is 1. The average Bonchev–Trinajstić information content (AvgIpc) is 1.92. The summed E-state index contributed by atoms with van der Waals surface area (Å²) < 4.78 is 32.8. The van der Waals surface area contributed by atoms with Crippen LogP contribution in [0.2, 0.25) is 5.02 Å². The first-order valence-corrected chi connectivity index (χ1v) is 4.60. The zero-order valence-corrected chi connectivity index (χ0v) is 7.23. The highest BCUT2D eigenvalue weighted by Gasteiger charge is 2.12. The van der Waals surface area contributed by atoms with Crippen LogP contribution in [0.3, 0.4) is 0 Å². The van der Waals surface area contributed by atoms with Crippen LogP contribution >= 0.6 is 11.6 Å². The zero-order valence-electron chi connectivity index (χ0n) is 5.66. The first-order valence-electron chi connectivity index (χ1n) is 2.84. The highest BCUT2D eigenvalue weighted by atomic mass is 35.5. The number of phenols is 1. The van der Waals surface area contributed by atoms with Gasteiger partial charge in [0.2, 0.25) is 0 Å². The van der Waals surface area contributed by atoms with E-state index < -0.39 is 15.1 Å². The predicted molar refractivity (Wildman–Crippen MR) is 41.4 cm³/mol. The van der Waals surface area contributed by atoms with Gasteiger partial charge in [-0.05, 0) is 18.2 Å². The van der Waals surface area contributed by atoms with Gasteiger partial charge in [0.25, 0.3) is 0 Å². The Kier molecular flexibility index (Phi) is 2.25. The van der Waals surface area contributed by atoms with E-state index >= 15 is 0 Å². The summed E-state index contributed by atoms with van der Waals surface area (Å²) in [6, 6.07) is 2.78. The minimum atomic E-state index is -4.74. The Morgan fingerprint density at radius 2 is 2.00 bits per heavy atom. The second-order valence-corrected chi connectivity index (χ2v) is 3.81. The number of rotatable bonds is 1. The molecule has 0 fully saturated rings. The molecule has 1 aromatic carbocycles. The second kappa shape index (κ2) is 2.91. The minimum Gasteiger partial charge on any atom is -0.506 e. The van der Waals surface area contributed by atoms with Crippen molar-refractivity contribution in [3.8, 4) is 5.75 Å². The van der Waals surface area contributed by atoms with Crippen molar-refractivity contribution in [2.75, 3.05) is 0 Å². The second-order valence-electron chi connectivity index (χ2n) is 2.05. The van der Waals surface area contributed by atoms with E-state index in [-0.39, 0.29) is 10.8 Å². The van der Waals surface area contributed by atoms with Crippen LogP contribution in [0.15, 0.2) is 23.1 Å². The fraction of sp³-hybridized carbons (Fsp3) is 0. The molecule has 1 rings (SSSR count). The third-order valence-corrected chi connectivity index (χ3v) is 2.32.